The van der Waals surface area contributed by atoms with Gasteiger partial charge in [-0.25, -0.2) is 0 Å². The van der Waals surface area contributed by atoms with E-state index in [2.05, 4.69) is 72.3 Å². The fourth-order valence-corrected chi connectivity index (χ4v) is 8.64. The Kier molecular flexibility index (Phi) is 35.0. The summed E-state index contributed by atoms with van der Waals surface area (Å²) in [5, 5.41) is 60.4. The van der Waals surface area contributed by atoms with Gasteiger partial charge in [0, 0.05) is 19.5 Å². The Morgan fingerprint density at radius 2 is 1.16 bits per heavy atom. The van der Waals surface area contributed by atoms with E-state index in [1.807, 2.05) is 0 Å². The highest BCUT2D eigenvalue weighted by Crippen LogP contribution is 2.15. The van der Waals surface area contributed by atoms with Crippen LogP contribution < -0.4 is 87.2 Å². The standard InChI is InChI=1S/C52H98N16O14/c1-8-29(4)11-9-10-12-40(73)60-33(13-19-53)46(77)67-42(31(6)71)51(82)65-35(15-21-55)44(75)64-38-18-24-58-50(81)41(30(5)70)66-47(78)36(16-22-56)61-43(74)34(14-20-54)62-48(79)39(25-28(2)3)59-26-52(27-69,32(7)72)68-49(80)37(17-23-57)63-45(38)76/h27-39,41-42,59,70-72H,8-26,53-57H2,1-7H3,(H,58,81)(H,60,73)(H,61,74)(H,62,79)(H,63,76)(H,64,75)(H,65,82)(H,66,78)(H,67,77)(H,68,80)/t29-,30+,31+,32+,33-,34-,35-,36-,37-,38-,39-,41-,42-,52-/m0/s1. The van der Waals surface area contributed by atoms with Crippen molar-refractivity contribution in [3.8, 4) is 0 Å². The van der Waals surface area contributed by atoms with Crippen molar-refractivity contribution in [1.29, 1.82) is 0 Å². The van der Waals surface area contributed by atoms with Gasteiger partial charge < -0.3 is 107 Å². The molecular weight excluding hydrogens is 1070 g/mol. The predicted molar refractivity (Wildman–Crippen MR) is 303 cm³/mol. The van der Waals surface area contributed by atoms with Gasteiger partial charge in [0.1, 0.15) is 60.2 Å². The molecule has 1 aliphatic heterocycles. The molecule has 470 valence electrons. The zero-order valence-electron chi connectivity index (χ0n) is 48.8. The lowest BCUT2D eigenvalue weighted by atomic mass is 9.92. The van der Waals surface area contributed by atoms with Gasteiger partial charge in [0.25, 0.3) is 0 Å². The number of carbonyl (C=O) groups excluding carboxylic acids is 11. The third kappa shape index (κ3) is 25.7. The molecule has 0 aliphatic carbocycles. The van der Waals surface area contributed by atoms with Crippen molar-refractivity contribution in [2.75, 3.05) is 45.8 Å². The number of carbonyl (C=O) groups is 11. The molecule has 30 nitrogen and oxygen atoms in total. The SMILES string of the molecule is CC[C@H](C)CCCCC(=O)N[C@@H](CCN)C(=O)N[C@H](C(=O)N[C@@H](CCN)C(=O)N[C@H]1CCNC(=O)[C@H]([C@@H](C)O)NC(=O)[C@H](CCN)NC(=O)[C@H](CCN)NC(=O)[C@H](CC(C)C)NC[C@](C=O)([C@@H](C)O)NC(=O)[C@H](CCN)NC1=O)[C@@H](C)O. The molecule has 0 aromatic heterocycles. The molecule has 1 fully saturated rings. The van der Waals surface area contributed by atoms with Crippen molar-refractivity contribution in [2.45, 2.75) is 204 Å². The minimum atomic E-state index is -2.18. The van der Waals surface area contributed by atoms with Crippen molar-refractivity contribution in [2.24, 2.45) is 40.5 Å². The van der Waals surface area contributed by atoms with E-state index in [1.54, 1.807) is 13.8 Å². The Hall–Kier alpha value is -5.99. The molecule has 0 bridgehead atoms. The van der Waals surface area contributed by atoms with Gasteiger partial charge >= 0.3 is 0 Å². The molecule has 0 saturated carbocycles. The van der Waals surface area contributed by atoms with Gasteiger partial charge in [0.15, 0.2) is 0 Å². The highest BCUT2D eigenvalue weighted by Gasteiger charge is 2.42. The summed E-state index contributed by atoms with van der Waals surface area (Å²) in [5.74, 6) is -8.85. The third-order valence-corrected chi connectivity index (χ3v) is 14.0. The smallest absolute Gasteiger partial charge is 0.245 e. The van der Waals surface area contributed by atoms with Gasteiger partial charge in [0.2, 0.25) is 59.1 Å². The number of aliphatic hydroxyl groups is 3. The van der Waals surface area contributed by atoms with Gasteiger partial charge in [0.05, 0.1) is 24.4 Å². The van der Waals surface area contributed by atoms with Gasteiger partial charge in [-0.05, 0) is 117 Å². The van der Waals surface area contributed by atoms with Crippen LogP contribution in [0.15, 0.2) is 0 Å². The monoisotopic (exact) mass is 1170 g/mol. The molecule has 0 unspecified atom stereocenters. The lowest BCUT2D eigenvalue weighted by molar-refractivity contribution is -0.137. The number of hydrogen-bond donors (Lipinski definition) is 19. The number of rotatable bonds is 29. The van der Waals surface area contributed by atoms with E-state index in [1.165, 1.54) is 20.8 Å². The highest BCUT2D eigenvalue weighted by atomic mass is 16.3. The normalized spacial score (nSPS) is 24.7. The summed E-state index contributed by atoms with van der Waals surface area (Å²) in [5.41, 5.74) is 27.0. The van der Waals surface area contributed by atoms with Crippen LogP contribution in [0.25, 0.3) is 0 Å². The Bertz CT molecular complexity index is 2070. The number of amides is 10. The average molecular weight is 1170 g/mol. The number of nitrogens with two attached hydrogens (primary N) is 5. The minimum absolute atomic E-state index is 0.0251. The number of aldehydes is 1. The summed E-state index contributed by atoms with van der Waals surface area (Å²) >= 11 is 0. The fourth-order valence-electron chi connectivity index (χ4n) is 8.64. The van der Waals surface area contributed by atoms with Crippen LogP contribution in [0, 0.1) is 11.8 Å². The zero-order valence-corrected chi connectivity index (χ0v) is 48.8. The molecule has 14 atom stereocenters. The summed E-state index contributed by atoms with van der Waals surface area (Å²) in [6, 6.07) is -13.4. The Balaban J connectivity index is 3.83. The maximum absolute atomic E-state index is 14.4. The first-order valence-electron chi connectivity index (χ1n) is 28.5. The van der Waals surface area contributed by atoms with E-state index in [4.69, 9.17) is 28.7 Å². The highest BCUT2D eigenvalue weighted by molar-refractivity contribution is 5.98. The zero-order chi connectivity index (χ0) is 62.3. The van der Waals surface area contributed by atoms with E-state index in [0.29, 0.717) is 12.3 Å². The fraction of sp³-hybridized carbons (Fsp3) is 0.788. The van der Waals surface area contributed by atoms with Gasteiger partial charge in [-0.3, -0.25) is 47.9 Å². The molecule has 0 radical (unpaired) electrons. The van der Waals surface area contributed by atoms with Crippen molar-refractivity contribution in [3.63, 3.8) is 0 Å². The summed E-state index contributed by atoms with van der Waals surface area (Å²) in [7, 11) is 0. The van der Waals surface area contributed by atoms with Crippen LogP contribution in [0.3, 0.4) is 0 Å². The van der Waals surface area contributed by atoms with E-state index in [0.717, 1.165) is 19.3 Å². The second-order valence-electron chi connectivity index (χ2n) is 21.5. The van der Waals surface area contributed by atoms with E-state index < -0.39 is 157 Å². The van der Waals surface area contributed by atoms with Crippen LogP contribution in [0.2, 0.25) is 0 Å². The van der Waals surface area contributed by atoms with Crippen LogP contribution in [-0.2, 0) is 52.7 Å². The second kappa shape index (κ2) is 38.7. The molecule has 1 aliphatic rings. The van der Waals surface area contributed by atoms with Crippen molar-refractivity contribution < 1.29 is 68.1 Å². The molecule has 1 heterocycles. The molecule has 24 N–H and O–H groups in total. The average Bonchev–Trinajstić information content (AvgIpc) is 3.52. The van der Waals surface area contributed by atoms with E-state index in [9.17, 15) is 68.1 Å². The predicted octanol–water partition coefficient (Wildman–Crippen LogP) is -7.06. The van der Waals surface area contributed by atoms with Crippen LogP contribution in [0.4, 0.5) is 0 Å². The van der Waals surface area contributed by atoms with Crippen LogP contribution in [0.1, 0.15) is 126 Å². The van der Waals surface area contributed by atoms with E-state index >= 15 is 0 Å². The Labute approximate surface area is 480 Å². The molecule has 1 saturated heterocycles. The van der Waals surface area contributed by atoms with Crippen molar-refractivity contribution >= 4 is 65.4 Å². The third-order valence-electron chi connectivity index (χ3n) is 14.0. The summed E-state index contributed by atoms with van der Waals surface area (Å²) in [6.07, 6.45) is -2.47. The number of aliphatic hydroxyl groups excluding tert-OH is 3. The molecule has 82 heavy (non-hydrogen) atoms. The minimum Gasteiger partial charge on any atom is -0.391 e. The number of nitrogens with one attached hydrogen (secondary N) is 11. The Morgan fingerprint density at radius 1 is 0.634 bits per heavy atom. The topological polar surface area (TPSA) is 511 Å². The molecule has 0 aromatic carbocycles. The molecular formula is C52H98N16O14. The van der Waals surface area contributed by atoms with Gasteiger partial charge in [-0.1, -0.05) is 47.0 Å². The lowest BCUT2D eigenvalue weighted by Crippen LogP contribution is -2.67. The van der Waals surface area contributed by atoms with Gasteiger partial charge in [-0.2, -0.15) is 0 Å². The Morgan fingerprint density at radius 3 is 1.65 bits per heavy atom. The summed E-state index contributed by atoms with van der Waals surface area (Å²) in [6.45, 7) is 9.47. The maximum atomic E-state index is 14.4. The van der Waals surface area contributed by atoms with Crippen LogP contribution >= 0.6 is 0 Å². The first-order chi connectivity index (χ1) is 38.7. The van der Waals surface area contributed by atoms with Crippen LogP contribution in [-0.4, -0.2) is 205 Å². The van der Waals surface area contributed by atoms with Gasteiger partial charge in [-0.15, -0.1) is 0 Å². The number of hydrogen-bond acceptors (Lipinski definition) is 20. The largest absolute Gasteiger partial charge is 0.391 e. The lowest BCUT2D eigenvalue weighted by Gasteiger charge is -2.36. The quantitative estimate of drug-likeness (QED) is 0.0244. The second-order valence-corrected chi connectivity index (χ2v) is 21.5. The maximum Gasteiger partial charge on any atom is 0.245 e. The number of unbranched alkanes of at least 4 members (excludes halogenated alkanes) is 1. The molecule has 0 spiro atoms. The van der Waals surface area contributed by atoms with Crippen molar-refractivity contribution in [1.82, 2.24) is 58.5 Å². The molecule has 30 heteroatoms. The van der Waals surface area contributed by atoms with Crippen LogP contribution in [0.5, 0.6) is 0 Å². The first-order valence-corrected chi connectivity index (χ1v) is 28.5. The molecule has 0 aromatic rings. The molecule has 10 amide bonds. The van der Waals surface area contributed by atoms with Crippen molar-refractivity contribution in [3.05, 3.63) is 0 Å². The summed E-state index contributed by atoms with van der Waals surface area (Å²) < 4.78 is 0. The first kappa shape index (κ1) is 74.0. The molecule has 1 rings (SSSR count). The summed E-state index contributed by atoms with van der Waals surface area (Å²) in [4.78, 5) is 151. The van der Waals surface area contributed by atoms with E-state index in [-0.39, 0.29) is 89.9 Å².